The molecule has 0 radical (unpaired) electrons. The van der Waals surface area contributed by atoms with Crippen molar-refractivity contribution in [1.29, 1.82) is 0 Å². The van der Waals surface area contributed by atoms with E-state index in [0.717, 1.165) is 0 Å². The number of nitrogens with zero attached hydrogens (tertiary/aromatic N) is 2. The van der Waals surface area contributed by atoms with Crippen molar-refractivity contribution in [3.05, 3.63) is 76.8 Å². The number of hydrogen-bond acceptors (Lipinski definition) is 4. The Bertz CT molecular complexity index is 871. The summed E-state index contributed by atoms with van der Waals surface area (Å²) >= 11 is 5.82. The molecule has 3 rings (SSSR count). The maximum Gasteiger partial charge on any atom is 0.141 e. The molecule has 128 valence electrons. The molecule has 3 aromatic rings. The maximum atomic E-state index is 13.3. The van der Waals surface area contributed by atoms with Gasteiger partial charge in [0.15, 0.2) is 0 Å². The summed E-state index contributed by atoms with van der Waals surface area (Å²) in [4.78, 5) is 8.79. The molecule has 1 unspecified atom stereocenters. The predicted molar refractivity (Wildman–Crippen MR) is 99.9 cm³/mol. The third-order valence-corrected chi connectivity index (χ3v) is 3.98. The zero-order chi connectivity index (χ0) is 17.8. The molecule has 0 fully saturated rings. The first-order valence-corrected chi connectivity index (χ1v) is 8.28. The second-order valence-corrected chi connectivity index (χ2v) is 6.12. The standard InChI is InChI=1S/C19H18ClFN4/c1-12(14-6-4-3-5-7-14)22-18-11-19(24-13(2)23-18)25-15-8-9-17(21)16(20)10-15/h3-12H,1-2H3,(H2,22,23,24,25). The molecular weight excluding hydrogens is 339 g/mol. The fourth-order valence-corrected chi connectivity index (χ4v) is 2.65. The van der Waals surface area contributed by atoms with Crippen LogP contribution in [0, 0.1) is 12.7 Å². The number of benzene rings is 2. The van der Waals surface area contributed by atoms with Gasteiger partial charge in [-0.15, -0.1) is 0 Å². The lowest BCUT2D eigenvalue weighted by Gasteiger charge is -2.16. The van der Waals surface area contributed by atoms with Crippen molar-refractivity contribution in [2.75, 3.05) is 10.6 Å². The van der Waals surface area contributed by atoms with Gasteiger partial charge in [0.25, 0.3) is 0 Å². The summed E-state index contributed by atoms with van der Waals surface area (Å²) in [6, 6.07) is 16.5. The van der Waals surface area contributed by atoms with Crippen LogP contribution in [0.5, 0.6) is 0 Å². The van der Waals surface area contributed by atoms with Crippen LogP contribution in [0.2, 0.25) is 5.02 Å². The smallest absolute Gasteiger partial charge is 0.141 e. The first kappa shape index (κ1) is 17.2. The lowest BCUT2D eigenvalue weighted by molar-refractivity contribution is 0.628. The van der Waals surface area contributed by atoms with Gasteiger partial charge >= 0.3 is 0 Å². The van der Waals surface area contributed by atoms with Crippen molar-refractivity contribution >= 4 is 28.9 Å². The molecule has 1 aromatic heterocycles. The molecule has 1 heterocycles. The number of rotatable bonds is 5. The van der Waals surface area contributed by atoms with Gasteiger partial charge < -0.3 is 10.6 Å². The van der Waals surface area contributed by atoms with E-state index in [-0.39, 0.29) is 11.1 Å². The van der Waals surface area contributed by atoms with E-state index in [9.17, 15) is 4.39 Å². The number of aromatic nitrogens is 2. The van der Waals surface area contributed by atoms with Crippen LogP contribution in [-0.4, -0.2) is 9.97 Å². The fraction of sp³-hybridized carbons (Fsp3) is 0.158. The van der Waals surface area contributed by atoms with Crippen LogP contribution >= 0.6 is 11.6 Å². The van der Waals surface area contributed by atoms with E-state index in [4.69, 9.17) is 11.6 Å². The van der Waals surface area contributed by atoms with Crippen LogP contribution in [0.25, 0.3) is 0 Å². The normalized spacial score (nSPS) is 11.8. The van der Waals surface area contributed by atoms with E-state index in [1.54, 1.807) is 6.07 Å². The van der Waals surface area contributed by atoms with Crippen molar-refractivity contribution in [1.82, 2.24) is 9.97 Å². The van der Waals surface area contributed by atoms with Crippen LogP contribution in [-0.2, 0) is 0 Å². The molecule has 2 aromatic carbocycles. The first-order chi connectivity index (χ1) is 12.0. The van der Waals surface area contributed by atoms with Crippen molar-refractivity contribution < 1.29 is 4.39 Å². The SMILES string of the molecule is Cc1nc(Nc2ccc(F)c(Cl)c2)cc(NC(C)c2ccccc2)n1. The van der Waals surface area contributed by atoms with E-state index < -0.39 is 5.82 Å². The summed E-state index contributed by atoms with van der Waals surface area (Å²) < 4.78 is 13.3. The highest BCUT2D eigenvalue weighted by Gasteiger charge is 2.09. The summed E-state index contributed by atoms with van der Waals surface area (Å²) in [5.74, 6) is 1.49. The largest absolute Gasteiger partial charge is 0.363 e. The van der Waals surface area contributed by atoms with Gasteiger partial charge in [0.2, 0.25) is 0 Å². The number of anilines is 3. The van der Waals surface area contributed by atoms with Gasteiger partial charge in [-0.3, -0.25) is 0 Å². The Labute approximate surface area is 151 Å². The van der Waals surface area contributed by atoms with Crippen molar-refractivity contribution in [2.24, 2.45) is 0 Å². The van der Waals surface area contributed by atoms with E-state index in [1.807, 2.05) is 31.2 Å². The summed E-state index contributed by atoms with van der Waals surface area (Å²) in [5, 5.41) is 6.55. The van der Waals surface area contributed by atoms with Gasteiger partial charge in [-0.1, -0.05) is 41.9 Å². The minimum absolute atomic E-state index is 0.0619. The van der Waals surface area contributed by atoms with Crippen molar-refractivity contribution in [3.63, 3.8) is 0 Å². The molecule has 25 heavy (non-hydrogen) atoms. The molecule has 0 spiro atoms. The van der Waals surface area contributed by atoms with Gasteiger partial charge in [-0.2, -0.15) is 0 Å². The maximum absolute atomic E-state index is 13.3. The lowest BCUT2D eigenvalue weighted by Crippen LogP contribution is -2.09. The van der Waals surface area contributed by atoms with Gasteiger partial charge in [0, 0.05) is 17.8 Å². The number of halogens is 2. The zero-order valence-corrected chi connectivity index (χ0v) is 14.7. The first-order valence-electron chi connectivity index (χ1n) is 7.90. The molecule has 0 saturated heterocycles. The van der Waals surface area contributed by atoms with Crippen molar-refractivity contribution in [2.45, 2.75) is 19.9 Å². The van der Waals surface area contributed by atoms with Crippen LogP contribution in [0.1, 0.15) is 24.4 Å². The topological polar surface area (TPSA) is 49.8 Å². The van der Waals surface area contributed by atoms with E-state index >= 15 is 0 Å². The highest BCUT2D eigenvalue weighted by atomic mass is 35.5. The highest BCUT2D eigenvalue weighted by Crippen LogP contribution is 2.24. The summed E-state index contributed by atoms with van der Waals surface area (Å²) in [6.45, 7) is 3.89. The Kier molecular flexibility index (Phi) is 5.14. The van der Waals surface area contributed by atoms with Crippen LogP contribution < -0.4 is 10.6 Å². The van der Waals surface area contributed by atoms with Gasteiger partial charge in [-0.25, -0.2) is 14.4 Å². The molecule has 0 aliphatic rings. The van der Waals surface area contributed by atoms with Gasteiger partial charge in [0.05, 0.1) is 5.02 Å². The monoisotopic (exact) mass is 356 g/mol. The Balaban J connectivity index is 1.79. The average molecular weight is 357 g/mol. The summed E-state index contributed by atoms with van der Waals surface area (Å²) in [6.07, 6.45) is 0. The zero-order valence-electron chi connectivity index (χ0n) is 13.9. The minimum atomic E-state index is -0.454. The fourth-order valence-electron chi connectivity index (χ4n) is 2.47. The Hall–Kier alpha value is -2.66. The molecule has 0 aliphatic carbocycles. The predicted octanol–water partition coefficient (Wildman–Crippen LogP) is 5.49. The molecule has 6 heteroatoms. The molecule has 0 saturated carbocycles. The molecule has 4 nitrogen and oxygen atoms in total. The van der Waals surface area contributed by atoms with E-state index in [1.165, 1.54) is 17.7 Å². The highest BCUT2D eigenvalue weighted by molar-refractivity contribution is 6.31. The lowest BCUT2D eigenvalue weighted by atomic mass is 10.1. The van der Waals surface area contributed by atoms with E-state index in [2.05, 4.69) is 39.7 Å². The van der Waals surface area contributed by atoms with Crippen LogP contribution in [0.15, 0.2) is 54.6 Å². The molecular formula is C19H18ClFN4. The minimum Gasteiger partial charge on any atom is -0.363 e. The van der Waals surface area contributed by atoms with Crippen LogP contribution in [0.4, 0.5) is 21.7 Å². The van der Waals surface area contributed by atoms with Crippen LogP contribution in [0.3, 0.4) is 0 Å². The Morgan fingerprint density at radius 1 is 1.00 bits per heavy atom. The third-order valence-electron chi connectivity index (χ3n) is 3.69. The molecule has 1 atom stereocenters. The Morgan fingerprint density at radius 3 is 2.44 bits per heavy atom. The number of nitrogens with one attached hydrogen (secondary N) is 2. The summed E-state index contributed by atoms with van der Waals surface area (Å²) in [5.41, 5.74) is 1.82. The third kappa shape index (κ3) is 4.45. The second-order valence-electron chi connectivity index (χ2n) is 5.72. The van der Waals surface area contributed by atoms with Gasteiger partial charge in [-0.05, 0) is 37.6 Å². The van der Waals surface area contributed by atoms with Gasteiger partial charge in [0.1, 0.15) is 23.3 Å². The summed E-state index contributed by atoms with van der Waals surface area (Å²) in [7, 11) is 0. The van der Waals surface area contributed by atoms with Crippen molar-refractivity contribution in [3.8, 4) is 0 Å². The molecule has 0 amide bonds. The van der Waals surface area contributed by atoms with E-state index in [0.29, 0.717) is 23.1 Å². The molecule has 0 aliphatic heterocycles. The average Bonchev–Trinajstić information content (AvgIpc) is 2.58. The Morgan fingerprint density at radius 2 is 1.72 bits per heavy atom. The quantitative estimate of drug-likeness (QED) is 0.634. The number of hydrogen-bond donors (Lipinski definition) is 2. The number of aryl methyl sites for hydroxylation is 1. The molecule has 0 bridgehead atoms. The molecule has 2 N–H and O–H groups in total. The second kappa shape index (κ2) is 7.49.